The topological polar surface area (TPSA) is 0 Å². The Morgan fingerprint density at radius 3 is 2.12 bits per heavy atom. The van der Waals surface area contributed by atoms with Crippen molar-refractivity contribution in [3.05, 3.63) is 6.92 Å². The first kappa shape index (κ1) is 11.5. The summed E-state index contributed by atoms with van der Waals surface area (Å²) >= 11 is 0. The molecule has 0 aromatic carbocycles. The third kappa shape index (κ3) is 9.90. The lowest BCUT2D eigenvalue weighted by Gasteiger charge is -1.98. The van der Waals surface area contributed by atoms with Gasteiger partial charge in [0.05, 0.1) is 0 Å². The Labute approximate surface area is 69.2 Å². The fourth-order valence-electron chi connectivity index (χ4n) is 0.553. The van der Waals surface area contributed by atoms with Gasteiger partial charge in [-0.15, -0.1) is 0 Å². The SMILES string of the molecule is [CH2]C(C)CCCC.[MgH2]. The number of hydrogen-bond acceptors (Lipinski definition) is 0. The molecule has 0 aliphatic heterocycles. The molecule has 1 atom stereocenters. The summed E-state index contributed by atoms with van der Waals surface area (Å²) in [5.74, 6) is 0.653. The van der Waals surface area contributed by atoms with Gasteiger partial charge in [0.25, 0.3) is 0 Å². The van der Waals surface area contributed by atoms with Crippen molar-refractivity contribution in [2.75, 3.05) is 0 Å². The van der Waals surface area contributed by atoms with Crippen LogP contribution in [0.5, 0.6) is 0 Å². The van der Waals surface area contributed by atoms with E-state index in [1.54, 1.807) is 0 Å². The quantitative estimate of drug-likeness (QED) is 0.504. The lowest BCUT2D eigenvalue weighted by atomic mass is 10.1. The molecule has 0 aliphatic carbocycles. The first-order chi connectivity index (χ1) is 3.27. The molecule has 0 rings (SSSR count). The molecule has 0 saturated carbocycles. The van der Waals surface area contributed by atoms with Gasteiger partial charge in [0, 0.05) is 0 Å². The molecule has 0 N–H and O–H groups in total. The molecule has 0 aromatic heterocycles. The molecule has 0 amide bonds. The van der Waals surface area contributed by atoms with Crippen molar-refractivity contribution >= 4 is 23.1 Å². The maximum atomic E-state index is 3.88. The zero-order valence-corrected chi connectivity index (χ0v) is 5.41. The van der Waals surface area contributed by atoms with Gasteiger partial charge in [-0.1, -0.05) is 40.0 Å². The predicted molar refractivity (Wildman–Crippen MR) is 42.6 cm³/mol. The number of unbranched alkanes of at least 4 members (excludes halogenated alkanes) is 1. The zero-order chi connectivity index (χ0) is 5.70. The van der Waals surface area contributed by atoms with Gasteiger partial charge in [0.2, 0.25) is 0 Å². The van der Waals surface area contributed by atoms with Crippen LogP contribution in [0.1, 0.15) is 33.1 Å². The summed E-state index contributed by atoms with van der Waals surface area (Å²) in [6.07, 6.45) is 3.93. The summed E-state index contributed by atoms with van der Waals surface area (Å²) in [5.41, 5.74) is 0. The van der Waals surface area contributed by atoms with Gasteiger partial charge in [-0.05, 0) is 5.92 Å². The highest BCUT2D eigenvalue weighted by atomic mass is 24.3. The van der Waals surface area contributed by atoms with Crippen molar-refractivity contribution in [1.82, 2.24) is 0 Å². The van der Waals surface area contributed by atoms with E-state index in [4.69, 9.17) is 0 Å². The van der Waals surface area contributed by atoms with E-state index in [0.29, 0.717) is 5.92 Å². The smallest absolute Gasteiger partial charge is 0.0654 e. The molecule has 0 saturated heterocycles. The second-order valence-corrected chi connectivity index (χ2v) is 2.25. The van der Waals surface area contributed by atoms with Gasteiger partial charge < -0.3 is 0 Å². The first-order valence-electron chi connectivity index (χ1n) is 3.10. The van der Waals surface area contributed by atoms with E-state index in [1.165, 1.54) is 19.3 Å². The standard InChI is InChI=1S/C7H15.Mg.2H/c1-4-5-6-7(2)3;;;/h7H,2,4-6H2,1,3H3;;;. The molecule has 0 aliphatic rings. The van der Waals surface area contributed by atoms with E-state index in [1.807, 2.05) is 0 Å². The van der Waals surface area contributed by atoms with Gasteiger partial charge in [-0.25, -0.2) is 0 Å². The highest BCUT2D eigenvalue weighted by Gasteiger charge is 1.88. The molecule has 1 radical (unpaired) electrons. The molecular formula is C7H17Mg. The van der Waals surface area contributed by atoms with Crippen LogP contribution in [0.4, 0.5) is 0 Å². The Kier molecular flexibility index (Phi) is 11.2. The Bertz CT molecular complexity index is 33.4. The maximum absolute atomic E-state index is 3.88. The van der Waals surface area contributed by atoms with E-state index in [2.05, 4.69) is 20.8 Å². The first-order valence-corrected chi connectivity index (χ1v) is 3.10. The number of rotatable bonds is 3. The van der Waals surface area contributed by atoms with E-state index >= 15 is 0 Å². The molecule has 1 unspecified atom stereocenters. The Morgan fingerprint density at radius 1 is 1.50 bits per heavy atom. The van der Waals surface area contributed by atoms with Crippen molar-refractivity contribution in [2.24, 2.45) is 5.92 Å². The van der Waals surface area contributed by atoms with Crippen LogP contribution < -0.4 is 0 Å². The minimum atomic E-state index is 0. The molecule has 0 fully saturated rings. The van der Waals surface area contributed by atoms with E-state index < -0.39 is 0 Å². The highest BCUT2D eigenvalue weighted by Crippen LogP contribution is 2.03. The highest BCUT2D eigenvalue weighted by molar-refractivity contribution is 5.75. The fraction of sp³-hybridized carbons (Fsp3) is 0.857. The van der Waals surface area contributed by atoms with Crippen molar-refractivity contribution < 1.29 is 0 Å². The summed E-state index contributed by atoms with van der Waals surface area (Å²) in [6.45, 7) is 8.25. The molecule has 0 heterocycles. The van der Waals surface area contributed by atoms with Crippen molar-refractivity contribution in [1.29, 1.82) is 0 Å². The maximum Gasteiger partial charge on any atom is 0.316 e. The second kappa shape index (κ2) is 7.77. The van der Waals surface area contributed by atoms with Crippen LogP contribution in [0.15, 0.2) is 0 Å². The van der Waals surface area contributed by atoms with Crippen LogP contribution in [0.3, 0.4) is 0 Å². The largest absolute Gasteiger partial charge is 0.316 e. The lowest BCUT2D eigenvalue weighted by Crippen LogP contribution is -1.84. The van der Waals surface area contributed by atoms with Crippen LogP contribution in [0, 0.1) is 12.8 Å². The van der Waals surface area contributed by atoms with Crippen LogP contribution in [0.25, 0.3) is 0 Å². The Morgan fingerprint density at radius 2 is 2.00 bits per heavy atom. The summed E-state index contributed by atoms with van der Waals surface area (Å²) in [5, 5.41) is 0. The van der Waals surface area contributed by atoms with Crippen LogP contribution in [-0.2, 0) is 0 Å². The zero-order valence-electron chi connectivity index (χ0n) is 5.41. The predicted octanol–water partition coefficient (Wildman–Crippen LogP) is 1.73. The summed E-state index contributed by atoms with van der Waals surface area (Å²) < 4.78 is 0. The van der Waals surface area contributed by atoms with Crippen LogP contribution >= 0.6 is 0 Å². The molecule has 0 bridgehead atoms. The fourth-order valence-corrected chi connectivity index (χ4v) is 0.553. The minimum absolute atomic E-state index is 0. The second-order valence-electron chi connectivity index (χ2n) is 2.25. The third-order valence-electron chi connectivity index (χ3n) is 1.05. The van der Waals surface area contributed by atoms with Gasteiger partial charge in [0.15, 0.2) is 0 Å². The Hall–Kier alpha value is 0.766. The molecule has 47 valence electrons. The van der Waals surface area contributed by atoms with Crippen molar-refractivity contribution in [3.8, 4) is 0 Å². The van der Waals surface area contributed by atoms with E-state index in [-0.39, 0.29) is 23.1 Å². The van der Waals surface area contributed by atoms with Gasteiger partial charge in [-0.3, -0.25) is 0 Å². The van der Waals surface area contributed by atoms with Gasteiger partial charge >= 0.3 is 23.1 Å². The molecule has 1 heteroatoms. The van der Waals surface area contributed by atoms with Gasteiger partial charge in [0.1, 0.15) is 0 Å². The van der Waals surface area contributed by atoms with E-state index in [9.17, 15) is 0 Å². The minimum Gasteiger partial charge on any atom is -0.0654 e. The van der Waals surface area contributed by atoms with Crippen molar-refractivity contribution in [2.45, 2.75) is 33.1 Å². The molecule has 8 heavy (non-hydrogen) atoms. The van der Waals surface area contributed by atoms with Crippen molar-refractivity contribution in [3.63, 3.8) is 0 Å². The van der Waals surface area contributed by atoms with Crippen LogP contribution in [0.2, 0.25) is 0 Å². The molecule has 0 aromatic rings. The average Bonchev–Trinajstić information content (AvgIpc) is 1.61. The van der Waals surface area contributed by atoms with Crippen LogP contribution in [-0.4, -0.2) is 23.1 Å². The van der Waals surface area contributed by atoms with E-state index in [0.717, 1.165) is 0 Å². The molecule has 0 nitrogen and oxygen atoms in total. The molecular weight excluding hydrogens is 108 g/mol. The lowest BCUT2D eigenvalue weighted by molar-refractivity contribution is 0.595. The number of hydrogen-bond donors (Lipinski definition) is 0. The normalized spacial score (nSPS) is 9.00. The Balaban J connectivity index is 0. The molecule has 0 spiro atoms. The summed E-state index contributed by atoms with van der Waals surface area (Å²) in [4.78, 5) is 0. The third-order valence-corrected chi connectivity index (χ3v) is 1.05. The van der Waals surface area contributed by atoms with Gasteiger partial charge in [-0.2, -0.15) is 0 Å². The monoisotopic (exact) mass is 125 g/mol. The summed E-state index contributed by atoms with van der Waals surface area (Å²) in [7, 11) is 0. The average molecular weight is 126 g/mol. The summed E-state index contributed by atoms with van der Waals surface area (Å²) in [6, 6.07) is 0.